The largest absolute Gasteiger partial charge is 0.392 e. The third kappa shape index (κ3) is 3.81. The minimum atomic E-state index is -0.473. The second-order valence-corrected chi connectivity index (χ2v) is 8.65. The van der Waals surface area contributed by atoms with Gasteiger partial charge in [0.05, 0.1) is 22.1 Å². The summed E-state index contributed by atoms with van der Waals surface area (Å²) in [5.74, 6) is -0.473. The molecule has 0 aliphatic carbocycles. The van der Waals surface area contributed by atoms with Gasteiger partial charge in [-0.25, -0.2) is 4.98 Å². The third-order valence-electron chi connectivity index (χ3n) is 6.17. The van der Waals surface area contributed by atoms with E-state index in [9.17, 15) is 9.59 Å². The van der Waals surface area contributed by atoms with Crippen molar-refractivity contribution in [2.24, 2.45) is 5.73 Å². The van der Waals surface area contributed by atoms with Crippen LogP contribution < -0.4 is 16.0 Å². The first-order chi connectivity index (χ1) is 17.5. The number of nitrogens with zero attached hydrogens (tertiary/aromatic N) is 3. The number of ether oxygens (including phenoxy) is 1. The number of para-hydroxylation sites is 1. The van der Waals surface area contributed by atoms with Crippen LogP contribution in [0.25, 0.3) is 44.2 Å². The normalized spacial score (nSPS) is 11.5. The molecule has 3 aromatic heterocycles. The van der Waals surface area contributed by atoms with E-state index in [1.807, 2.05) is 42.6 Å². The summed E-state index contributed by atoms with van der Waals surface area (Å²) >= 11 is 0. The van der Waals surface area contributed by atoms with Crippen LogP contribution >= 0.6 is 0 Å². The van der Waals surface area contributed by atoms with Crippen molar-refractivity contribution in [2.75, 3.05) is 0 Å². The van der Waals surface area contributed by atoms with Crippen LogP contribution in [-0.4, -0.2) is 30.5 Å². The molecule has 178 valence electrons. The topological polar surface area (TPSA) is 132 Å². The minimum absolute atomic E-state index is 0.0953. The van der Waals surface area contributed by atoms with Gasteiger partial charge in [-0.1, -0.05) is 42.5 Å². The zero-order valence-corrected chi connectivity index (χ0v) is 19.4. The van der Waals surface area contributed by atoms with Crippen LogP contribution in [0.4, 0.5) is 0 Å². The lowest BCUT2D eigenvalue weighted by Crippen LogP contribution is -2.11. The molecule has 36 heavy (non-hydrogen) atoms. The average molecular weight is 479 g/mol. The molecule has 9 heteroatoms. The molecule has 6 aromatic rings. The molecule has 3 aromatic carbocycles. The molecule has 3 heterocycles. The second kappa shape index (κ2) is 8.47. The number of hydrogen-bond acceptors (Lipinski definition) is 6. The van der Waals surface area contributed by atoms with Crippen molar-refractivity contribution in [3.63, 3.8) is 0 Å². The fraction of sp³-hybridized carbons (Fsp3) is 0.111. The lowest BCUT2D eigenvalue weighted by molar-refractivity contribution is -0.132. The predicted octanol–water partition coefficient (Wildman–Crippen LogP) is 3.85. The summed E-state index contributed by atoms with van der Waals surface area (Å²) in [5, 5.41) is 0.938. The molecular formula is C27H22N6O3. The SMILES string of the molecule is CC(=O)Oc1nc2cc3[nH]c(=O)c(-c4cn(Cc5ccc(CN)cc5)c5ccccc45)nc3cc2[nH]1. The highest BCUT2D eigenvalue weighted by Gasteiger charge is 2.17. The Balaban J connectivity index is 1.46. The highest BCUT2D eigenvalue weighted by molar-refractivity contribution is 5.97. The van der Waals surface area contributed by atoms with Crippen LogP contribution in [0.1, 0.15) is 18.1 Å². The molecule has 0 atom stereocenters. The molecule has 0 radical (unpaired) electrons. The molecule has 4 N–H and O–H groups in total. The third-order valence-corrected chi connectivity index (χ3v) is 6.17. The van der Waals surface area contributed by atoms with E-state index in [1.54, 1.807) is 12.1 Å². The lowest BCUT2D eigenvalue weighted by atomic mass is 10.1. The first-order valence-electron chi connectivity index (χ1n) is 11.5. The van der Waals surface area contributed by atoms with Gasteiger partial charge in [0, 0.05) is 42.7 Å². The number of nitrogens with one attached hydrogen (secondary N) is 2. The number of nitrogens with two attached hydrogens (primary N) is 1. The Bertz CT molecular complexity index is 1830. The number of H-pyrrole nitrogens is 2. The number of aromatic nitrogens is 5. The standard InChI is InChI=1S/C27H22N6O3/c1-15(34)36-27-31-22-10-20-21(11-23(22)32-27)30-26(35)25(29-20)19-14-33(24-5-3-2-4-18(19)24)13-17-8-6-16(12-28)7-9-17/h2-11,14H,12-13,28H2,1H3,(H,30,35)(H,31,32). The Hall–Kier alpha value is -4.76. The zero-order valence-electron chi connectivity index (χ0n) is 19.4. The Morgan fingerprint density at radius 1 is 0.972 bits per heavy atom. The number of benzene rings is 3. The van der Waals surface area contributed by atoms with Crippen LogP contribution in [-0.2, 0) is 17.9 Å². The number of aromatic amines is 2. The maximum atomic E-state index is 13.2. The molecule has 0 saturated heterocycles. The molecule has 0 aliphatic rings. The number of rotatable bonds is 5. The van der Waals surface area contributed by atoms with Gasteiger partial charge >= 0.3 is 12.0 Å². The van der Waals surface area contributed by atoms with Crippen molar-refractivity contribution in [3.05, 3.63) is 88.3 Å². The van der Waals surface area contributed by atoms with Crippen molar-refractivity contribution in [1.29, 1.82) is 0 Å². The summed E-state index contributed by atoms with van der Waals surface area (Å²) in [6, 6.07) is 19.7. The van der Waals surface area contributed by atoms with Crippen molar-refractivity contribution in [3.8, 4) is 17.3 Å². The van der Waals surface area contributed by atoms with Gasteiger partial charge in [-0.3, -0.25) is 9.59 Å². The van der Waals surface area contributed by atoms with Crippen LogP contribution in [0, 0.1) is 0 Å². The fourth-order valence-corrected chi connectivity index (χ4v) is 4.48. The monoisotopic (exact) mass is 478 g/mol. The van der Waals surface area contributed by atoms with Gasteiger partial charge in [-0.15, -0.1) is 0 Å². The average Bonchev–Trinajstić information content (AvgIpc) is 3.42. The molecule has 0 bridgehead atoms. The Morgan fingerprint density at radius 2 is 1.67 bits per heavy atom. The highest BCUT2D eigenvalue weighted by Crippen LogP contribution is 2.30. The molecule has 0 amide bonds. The van der Waals surface area contributed by atoms with E-state index < -0.39 is 5.97 Å². The maximum absolute atomic E-state index is 13.2. The first-order valence-corrected chi connectivity index (χ1v) is 11.5. The molecule has 0 spiro atoms. The summed E-state index contributed by atoms with van der Waals surface area (Å²) in [4.78, 5) is 39.3. The van der Waals surface area contributed by atoms with Crippen molar-refractivity contribution in [2.45, 2.75) is 20.0 Å². The van der Waals surface area contributed by atoms with Crippen LogP contribution in [0.3, 0.4) is 0 Å². The first kappa shape index (κ1) is 21.8. The Labute approximate surface area is 204 Å². The summed E-state index contributed by atoms with van der Waals surface area (Å²) in [7, 11) is 0. The summed E-state index contributed by atoms with van der Waals surface area (Å²) in [6.45, 7) is 2.45. The van der Waals surface area contributed by atoms with E-state index >= 15 is 0 Å². The van der Waals surface area contributed by atoms with Gasteiger partial charge in [0.1, 0.15) is 5.69 Å². The summed E-state index contributed by atoms with van der Waals surface area (Å²) in [5.41, 5.74) is 12.1. The number of hydrogen-bond donors (Lipinski definition) is 3. The van der Waals surface area contributed by atoms with Gasteiger partial charge in [0.15, 0.2) is 0 Å². The van der Waals surface area contributed by atoms with Crippen molar-refractivity contribution in [1.82, 2.24) is 24.5 Å². The molecule has 9 nitrogen and oxygen atoms in total. The number of fused-ring (bicyclic) bond motifs is 3. The van der Waals surface area contributed by atoms with Crippen molar-refractivity contribution >= 4 is 38.9 Å². The van der Waals surface area contributed by atoms with Gasteiger partial charge in [-0.05, 0) is 29.3 Å². The Kier molecular flexibility index (Phi) is 5.12. The molecule has 0 aliphatic heterocycles. The summed E-state index contributed by atoms with van der Waals surface area (Å²) < 4.78 is 7.17. The van der Waals surface area contributed by atoms with Crippen LogP contribution in [0.5, 0.6) is 6.01 Å². The molecule has 6 rings (SSSR count). The molecule has 0 unspecified atom stereocenters. The van der Waals surface area contributed by atoms with Crippen LogP contribution in [0.2, 0.25) is 0 Å². The van der Waals surface area contributed by atoms with Gasteiger partial charge in [0.25, 0.3) is 5.56 Å². The zero-order chi connectivity index (χ0) is 24.8. The van der Waals surface area contributed by atoms with Gasteiger partial charge in [0.2, 0.25) is 0 Å². The number of carbonyl (C=O) groups excluding carboxylic acids is 1. The maximum Gasteiger partial charge on any atom is 0.310 e. The summed E-state index contributed by atoms with van der Waals surface area (Å²) in [6.07, 6.45) is 1.97. The van der Waals surface area contributed by atoms with Crippen molar-refractivity contribution < 1.29 is 9.53 Å². The van der Waals surface area contributed by atoms with E-state index in [1.165, 1.54) is 6.92 Å². The minimum Gasteiger partial charge on any atom is -0.392 e. The molecule has 0 fully saturated rings. The number of imidazole rings is 1. The number of carbonyl (C=O) groups is 1. The van der Waals surface area contributed by atoms with Gasteiger partial charge < -0.3 is 25.0 Å². The second-order valence-electron chi connectivity index (χ2n) is 8.65. The van der Waals surface area contributed by atoms with E-state index in [2.05, 4.69) is 31.7 Å². The molecular weight excluding hydrogens is 456 g/mol. The quantitative estimate of drug-likeness (QED) is 0.323. The predicted molar refractivity (Wildman–Crippen MR) is 138 cm³/mol. The van der Waals surface area contributed by atoms with Crippen LogP contribution in [0.15, 0.2) is 71.7 Å². The van der Waals surface area contributed by atoms with E-state index in [0.717, 1.165) is 27.6 Å². The fourth-order valence-electron chi connectivity index (χ4n) is 4.48. The highest BCUT2D eigenvalue weighted by atomic mass is 16.5. The smallest absolute Gasteiger partial charge is 0.310 e. The Morgan fingerprint density at radius 3 is 2.42 bits per heavy atom. The van der Waals surface area contributed by atoms with E-state index in [0.29, 0.717) is 40.9 Å². The number of esters is 1. The van der Waals surface area contributed by atoms with E-state index in [-0.39, 0.29) is 11.6 Å². The molecule has 0 saturated carbocycles. The lowest BCUT2D eigenvalue weighted by Gasteiger charge is -2.06. The van der Waals surface area contributed by atoms with E-state index in [4.69, 9.17) is 15.5 Å². The van der Waals surface area contributed by atoms with Gasteiger partial charge in [-0.2, -0.15) is 4.98 Å².